The van der Waals surface area contributed by atoms with Crippen LogP contribution in [-0.2, 0) is 11.3 Å². The number of nitrogens with zero attached hydrogens (tertiary/aromatic N) is 1. The average molecular weight is 343 g/mol. The highest BCUT2D eigenvalue weighted by Crippen LogP contribution is 2.21. The Hall–Kier alpha value is -2.17. The van der Waals surface area contributed by atoms with Gasteiger partial charge in [-0.15, -0.1) is 0 Å². The summed E-state index contributed by atoms with van der Waals surface area (Å²) in [5.41, 5.74) is 3.44. The zero-order valence-electron chi connectivity index (χ0n) is 12.5. The summed E-state index contributed by atoms with van der Waals surface area (Å²) in [7, 11) is 0. The van der Waals surface area contributed by atoms with Gasteiger partial charge in [0.1, 0.15) is 5.70 Å². The Morgan fingerprint density at radius 2 is 2.00 bits per heavy atom. The molecule has 1 heterocycles. The first-order valence-electron chi connectivity index (χ1n) is 7.19. The normalized spacial score (nSPS) is 16.1. The van der Waals surface area contributed by atoms with Gasteiger partial charge >= 0.3 is 0 Å². The summed E-state index contributed by atoms with van der Waals surface area (Å²) in [5.74, 6) is -0.142. The first kappa shape index (κ1) is 15.7. The fourth-order valence-corrected chi connectivity index (χ4v) is 2.89. The molecule has 0 atom stereocenters. The highest BCUT2D eigenvalue weighted by atomic mass is 35.5. The molecular weight excluding hydrogens is 328 g/mol. The Balaban J connectivity index is 1.84. The van der Waals surface area contributed by atoms with Crippen molar-refractivity contribution in [2.45, 2.75) is 13.5 Å². The van der Waals surface area contributed by atoms with Crippen LogP contribution in [0.2, 0.25) is 5.02 Å². The predicted octanol–water partition coefficient (Wildman–Crippen LogP) is 3.91. The van der Waals surface area contributed by atoms with Gasteiger partial charge in [-0.3, -0.25) is 9.69 Å². The molecule has 1 fully saturated rings. The third-order valence-electron chi connectivity index (χ3n) is 3.60. The molecule has 0 bridgehead atoms. The van der Waals surface area contributed by atoms with E-state index in [2.05, 4.69) is 5.32 Å². The van der Waals surface area contributed by atoms with Gasteiger partial charge in [0.2, 0.25) is 0 Å². The quantitative estimate of drug-likeness (QED) is 0.678. The summed E-state index contributed by atoms with van der Waals surface area (Å²) in [5, 5.41) is 4.01. The summed E-state index contributed by atoms with van der Waals surface area (Å²) >= 11 is 11.5. The van der Waals surface area contributed by atoms with Gasteiger partial charge in [0, 0.05) is 5.02 Å². The Kier molecular flexibility index (Phi) is 4.46. The second-order valence-electron chi connectivity index (χ2n) is 5.39. The van der Waals surface area contributed by atoms with Crippen LogP contribution in [0.25, 0.3) is 6.08 Å². The fourth-order valence-electron chi connectivity index (χ4n) is 2.44. The molecule has 23 heavy (non-hydrogen) atoms. The number of amides is 1. The molecule has 1 aliphatic rings. The van der Waals surface area contributed by atoms with E-state index >= 15 is 0 Å². The molecule has 2 aromatic carbocycles. The SMILES string of the molecule is Cc1cccc(/C=C2\NC(=S)N(Cc3ccccc3Cl)C2=O)c1. The molecule has 0 spiro atoms. The third kappa shape index (κ3) is 3.44. The van der Waals surface area contributed by atoms with E-state index in [1.54, 1.807) is 6.07 Å². The van der Waals surface area contributed by atoms with Crippen LogP contribution in [0.4, 0.5) is 0 Å². The van der Waals surface area contributed by atoms with E-state index in [4.69, 9.17) is 23.8 Å². The number of halogens is 1. The van der Waals surface area contributed by atoms with Crippen molar-refractivity contribution < 1.29 is 4.79 Å². The maximum absolute atomic E-state index is 12.6. The largest absolute Gasteiger partial charge is 0.328 e. The maximum atomic E-state index is 12.6. The predicted molar refractivity (Wildman–Crippen MR) is 96.9 cm³/mol. The van der Waals surface area contributed by atoms with Crippen molar-refractivity contribution in [1.29, 1.82) is 0 Å². The van der Waals surface area contributed by atoms with E-state index in [0.29, 0.717) is 22.4 Å². The smallest absolute Gasteiger partial charge is 0.276 e. The van der Waals surface area contributed by atoms with Gasteiger partial charge in [-0.05, 0) is 42.4 Å². The van der Waals surface area contributed by atoms with E-state index in [0.717, 1.165) is 16.7 Å². The van der Waals surface area contributed by atoms with Gasteiger partial charge in [0.25, 0.3) is 5.91 Å². The van der Waals surface area contributed by atoms with E-state index in [1.165, 1.54) is 4.90 Å². The number of thiocarbonyl (C=S) groups is 1. The van der Waals surface area contributed by atoms with Gasteiger partial charge in [0.15, 0.2) is 5.11 Å². The Morgan fingerprint density at radius 3 is 2.74 bits per heavy atom. The highest BCUT2D eigenvalue weighted by molar-refractivity contribution is 7.80. The van der Waals surface area contributed by atoms with Crippen molar-refractivity contribution in [3.8, 4) is 0 Å². The number of carbonyl (C=O) groups is 1. The van der Waals surface area contributed by atoms with Crippen LogP contribution in [-0.4, -0.2) is 15.9 Å². The summed E-state index contributed by atoms with van der Waals surface area (Å²) in [6.45, 7) is 2.37. The third-order valence-corrected chi connectivity index (χ3v) is 4.29. The summed E-state index contributed by atoms with van der Waals surface area (Å²) in [6.07, 6.45) is 1.81. The van der Waals surface area contributed by atoms with E-state index in [1.807, 2.05) is 55.5 Å². The lowest BCUT2D eigenvalue weighted by Crippen LogP contribution is -2.30. The van der Waals surface area contributed by atoms with Gasteiger partial charge in [-0.2, -0.15) is 0 Å². The van der Waals surface area contributed by atoms with Crippen LogP contribution in [0.3, 0.4) is 0 Å². The molecular formula is C18H15ClN2OS. The van der Waals surface area contributed by atoms with Crippen molar-refractivity contribution in [3.05, 3.63) is 75.9 Å². The van der Waals surface area contributed by atoms with Crippen LogP contribution in [0, 0.1) is 6.92 Å². The van der Waals surface area contributed by atoms with Crippen molar-refractivity contribution in [3.63, 3.8) is 0 Å². The van der Waals surface area contributed by atoms with Gasteiger partial charge in [-0.25, -0.2) is 0 Å². The number of nitrogens with one attached hydrogen (secondary N) is 1. The number of rotatable bonds is 3. The first-order valence-corrected chi connectivity index (χ1v) is 7.98. The molecule has 1 aliphatic heterocycles. The van der Waals surface area contributed by atoms with Crippen molar-refractivity contribution in [2.24, 2.45) is 0 Å². The molecule has 3 nitrogen and oxygen atoms in total. The molecule has 3 rings (SSSR count). The molecule has 1 N–H and O–H groups in total. The van der Waals surface area contributed by atoms with Gasteiger partial charge < -0.3 is 5.32 Å². The standard InChI is InChI=1S/C18H15ClN2OS/c1-12-5-4-6-13(9-12)10-16-17(22)21(18(23)20-16)11-14-7-2-3-8-15(14)19/h2-10H,11H2,1H3,(H,20,23)/b16-10-. The monoisotopic (exact) mass is 342 g/mol. The van der Waals surface area contributed by atoms with Crippen molar-refractivity contribution in [1.82, 2.24) is 10.2 Å². The minimum Gasteiger partial charge on any atom is -0.328 e. The number of hydrogen-bond donors (Lipinski definition) is 1. The molecule has 0 aliphatic carbocycles. The summed E-state index contributed by atoms with van der Waals surface area (Å²) in [4.78, 5) is 14.1. The minimum atomic E-state index is -0.142. The lowest BCUT2D eigenvalue weighted by Gasteiger charge is -2.14. The highest BCUT2D eigenvalue weighted by Gasteiger charge is 2.30. The van der Waals surface area contributed by atoms with E-state index in [9.17, 15) is 4.79 Å². The van der Waals surface area contributed by atoms with Gasteiger partial charge in [-0.1, -0.05) is 59.6 Å². The molecule has 0 radical (unpaired) electrons. The second kappa shape index (κ2) is 6.52. The number of carbonyl (C=O) groups excluding carboxylic acids is 1. The van der Waals surface area contributed by atoms with Crippen LogP contribution < -0.4 is 5.32 Å². The van der Waals surface area contributed by atoms with Crippen molar-refractivity contribution in [2.75, 3.05) is 0 Å². The molecule has 0 unspecified atom stereocenters. The first-order chi connectivity index (χ1) is 11.0. The number of hydrogen-bond acceptors (Lipinski definition) is 2. The van der Waals surface area contributed by atoms with Crippen LogP contribution in [0.5, 0.6) is 0 Å². The second-order valence-corrected chi connectivity index (χ2v) is 6.18. The lowest BCUT2D eigenvalue weighted by atomic mass is 10.1. The molecule has 1 saturated heterocycles. The number of aryl methyl sites for hydroxylation is 1. The van der Waals surface area contributed by atoms with Crippen LogP contribution in [0.15, 0.2) is 54.2 Å². The van der Waals surface area contributed by atoms with E-state index in [-0.39, 0.29) is 5.91 Å². The molecule has 5 heteroatoms. The lowest BCUT2D eigenvalue weighted by molar-refractivity contribution is -0.122. The Morgan fingerprint density at radius 1 is 1.22 bits per heavy atom. The maximum Gasteiger partial charge on any atom is 0.276 e. The zero-order chi connectivity index (χ0) is 16.4. The molecule has 2 aromatic rings. The minimum absolute atomic E-state index is 0.142. The molecule has 0 saturated carbocycles. The molecule has 116 valence electrons. The Labute approximate surface area is 145 Å². The zero-order valence-corrected chi connectivity index (χ0v) is 14.1. The summed E-state index contributed by atoms with van der Waals surface area (Å²) in [6, 6.07) is 15.4. The van der Waals surface area contributed by atoms with Crippen molar-refractivity contribution >= 4 is 40.9 Å². The molecule has 0 aromatic heterocycles. The topological polar surface area (TPSA) is 32.3 Å². The Bertz CT molecular complexity index is 816. The fraction of sp³-hybridized carbons (Fsp3) is 0.111. The van der Waals surface area contributed by atoms with Gasteiger partial charge in [0.05, 0.1) is 6.54 Å². The average Bonchev–Trinajstić information content (AvgIpc) is 2.77. The van der Waals surface area contributed by atoms with Crippen LogP contribution in [0.1, 0.15) is 16.7 Å². The number of benzene rings is 2. The molecule has 1 amide bonds. The van der Waals surface area contributed by atoms with E-state index < -0.39 is 0 Å². The summed E-state index contributed by atoms with van der Waals surface area (Å²) < 4.78 is 0. The van der Waals surface area contributed by atoms with Crippen LogP contribution >= 0.6 is 23.8 Å².